The van der Waals surface area contributed by atoms with Crippen LogP contribution >= 0.6 is 0 Å². The Kier molecular flexibility index (Phi) is 9.20. The maximum atomic E-state index is 13.7. The van der Waals surface area contributed by atoms with Crippen molar-refractivity contribution in [1.29, 1.82) is 0 Å². The Bertz CT molecular complexity index is 1360. The lowest BCUT2D eigenvalue weighted by atomic mass is 10.1. The normalized spacial score (nSPS) is 10.9. The predicted octanol–water partition coefficient (Wildman–Crippen LogP) is 6.00. The lowest BCUT2D eigenvalue weighted by molar-refractivity contribution is -0.132. The fraction of sp³-hybridized carbons (Fsp3) is 0.312. The zero-order valence-corrected chi connectivity index (χ0v) is 22.6. The monoisotopic (exact) mass is 511 g/mol. The number of nitrogens with one attached hydrogen (secondary N) is 1. The number of aromatic amines is 1. The van der Waals surface area contributed by atoms with Gasteiger partial charge in [0.05, 0.1) is 6.61 Å². The third-order valence-electron chi connectivity index (χ3n) is 6.77. The topological polar surface area (TPSA) is 65.6 Å². The fourth-order valence-electron chi connectivity index (χ4n) is 4.73. The number of nitrogens with zero attached hydrogens (tertiary/aromatic N) is 2. The lowest BCUT2D eigenvalue weighted by Crippen LogP contribution is -2.43. The van der Waals surface area contributed by atoms with Gasteiger partial charge in [0.15, 0.2) is 0 Å². The number of aromatic nitrogens is 1. The molecule has 0 unspecified atom stereocenters. The molecule has 1 heterocycles. The van der Waals surface area contributed by atoms with Crippen molar-refractivity contribution in [2.24, 2.45) is 0 Å². The largest absolute Gasteiger partial charge is 0.494 e. The van der Waals surface area contributed by atoms with Crippen LogP contribution in [0.2, 0.25) is 0 Å². The van der Waals surface area contributed by atoms with E-state index in [9.17, 15) is 9.59 Å². The molecule has 0 saturated heterocycles. The summed E-state index contributed by atoms with van der Waals surface area (Å²) < 4.78 is 5.58. The minimum Gasteiger partial charge on any atom is -0.494 e. The smallest absolute Gasteiger partial charge is 0.254 e. The van der Waals surface area contributed by atoms with Crippen LogP contribution in [0.15, 0.2) is 79.0 Å². The summed E-state index contributed by atoms with van der Waals surface area (Å²) in [4.78, 5) is 34.0. The van der Waals surface area contributed by atoms with Crippen molar-refractivity contribution in [2.45, 2.75) is 40.2 Å². The van der Waals surface area contributed by atoms with Crippen molar-refractivity contribution in [3.8, 4) is 5.75 Å². The van der Waals surface area contributed by atoms with Crippen molar-refractivity contribution >= 4 is 22.7 Å². The number of carbonyl (C=O) groups is 2. The predicted molar refractivity (Wildman–Crippen MR) is 152 cm³/mol. The summed E-state index contributed by atoms with van der Waals surface area (Å²) in [5.41, 5.74) is 4.84. The van der Waals surface area contributed by atoms with E-state index in [0.717, 1.165) is 28.8 Å². The van der Waals surface area contributed by atoms with Gasteiger partial charge in [-0.15, -0.1) is 0 Å². The van der Waals surface area contributed by atoms with E-state index in [-0.39, 0.29) is 18.4 Å². The molecule has 2 amide bonds. The van der Waals surface area contributed by atoms with E-state index in [1.165, 1.54) is 10.9 Å². The molecule has 1 aromatic heterocycles. The van der Waals surface area contributed by atoms with Crippen molar-refractivity contribution in [2.75, 3.05) is 26.2 Å². The number of hydrogen-bond donors (Lipinski definition) is 1. The molecule has 0 aliphatic heterocycles. The van der Waals surface area contributed by atoms with Gasteiger partial charge in [-0.25, -0.2) is 0 Å². The summed E-state index contributed by atoms with van der Waals surface area (Å²) in [6, 6.07) is 23.6. The number of aryl methyl sites for hydroxylation is 1. The molecule has 0 atom stereocenters. The summed E-state index contributed by atoms with van der Waals surface area (Å²) in [6.45, 7) is 8.11. The van der Waals surface area contributed by atoms with Gasteiger partial charge in [0.1, 0.15) is 12.3 Å². The highest BCUT2D eigenvalue weighted by Crippen LogP contribution is 2.20. The second-order valence-corrected chi connectivity index (χ2v) is 9.54. The molecule has 6 heteroatoms. The van der Waals surface area contributed by atoms with E-state index in [1.807, 2.05) is 92.5 Å². The molecule has 4 rings (SSSR count). The van der Waals surface area contributed by atoms with E-state index in [1.54, 1.807) is 4.90 Å². The number of para-hydroxylation sites is 1. The first-order valence-electron chi connectivity index (χ1n) is 13.4. The standard InChI is InChI=1S/C32H37N3O3/c1-4-19-35(32(37)28-11-7-6-10-24(28)3)23-31(36)34(22-25-14-16-27(17-15-25)38-5-2)20-18-26-21-33-30-13-9-8-12-29(26)30/h6-17,21,33H,4-5,18-20,22-23H2,1-3H3. The second-order valence-electron chi connectivity index (χ2n) is 9.54. The lowest BCUT2D eigenvalue weighted by Gasteiger charge is -2.28. The minimum atomic E-state index is -0.101. The van der Waals surface area contributed by atoms with Crippen molar-refractivity contribution in [3.05, 3.63) is 101 Å². The van der Waals surface area contributed by atoms with Crippen molar-refractivity contribution < 1.29 is 14.3 Å². The molecule has 4 aromatic rings. The number of carbonyl (C=O) groups excluding carboxylic acids is 2. The molecule has 3 aromatic carbocycles. The van der Waals surface area contributed by atoms with E-state index in [2.05, 4.69) is 17.1 Å². The Morgan fingerprint density at radius 1 is 0.868 bits per heavy atom. The van der Waals surface area contributed by atoms with Gasteiger partial charge in [0, 0.05) is 42.3 Å². The van der Waals surface area contributed by atoms with Gasteiger partial charge in [-0.3, -0.25) is 9.59 Å². The van der Waals surface area contributed by atoms with Crippen LogP contribution in [-0.2, 0) is 17.8 Å². The van der Waals surface area contributed by atoms with Crippen LogP contribution < -0.4 is 4.74 Å². The second kappa shape index (κ2) is 13.0. The zero-order valence-electron chi connectivity index (χ0n) is 22.6. The first-order valence-corrected chi connectivity index (χ1v) is 13.4. The first-order chi connectivity index (χ1) is 18.5. The molecular formula is C32H37N3O3. The Balaban J connectivity index is 1.54. The third-order valence-corrected chi connectivity index (χ3v) is 6.77. The molecule has 0 aliphatic carbocycles. The van der Waals surface area contributed by atoms with E-state index in [0.29, 0.717) is 38.2 Å². The third kappa shape index (κ3) is 6.62. The molecule has 0 radical (unpaired) electrons. The Morgan fingerprint density at radius 3 is 2.34 bits per heavy atom. The highest BCUT2D eigenvalue weighted by molar-refractivity contribution is 5.97. The van der Waals surface area contributed by atoms with Gasteiger partial charge in [0.25, 0.3) is 5.91 Å². The average molecular weight is 512 g/mol. The van der Waals surface area contributed by atoms with Gasteiger partial charge in [-0.2, -0.15) is 0 Å². The molecule has 6 nitrogen and oxygen atoms in total. The quantitative estimate of drug-likeness (QED) is 0.254. The summed E-state index contributed by atoms with van der Waals surface area (Å²) in [5.74, 6) is 0.649. The number of ether oxygens (including phenoxy) is 1. The molecule has 0 fully saturated rings. The van der Waals surface area contributed by atoms with Crippen LogP contribution in [0.3, 0.4) is 0 Å². The number of benzene rings is 3. The summed E-state index contributed by atoms with van der Waals surface area (Å²) in [5, 5.41) is 1.17. The summed E-state index contributed by atoms with van der Waals surface area (Å²) >= 11 is 0. The highest BCUT2D eigenvalue weighted by Gasteiger charge is 2.23. The van der Waals surface area contributed by atoms with Gasteiger partial charge >= 0.3 is 0 Å². The van der Waals surface area contributed by atoms with Crippen molar-refractivity contribution in [1.82, 2.24) is 14.8 Å². The van der Waals surface area contributed by atoms with E-state index >= 15 is 0 Å². The number of hydrogen-bond acceptors (Lipinski definition) is 3. The molecule has 0 bridgehead atoms. The van der Waals surface area contributed by atoms with Crippen LogP contribution in [0.1, 0.15) is 47.3 Å². The fourth-order valence-corrected chi connectivity index (χ4v) is 4.73. The SMILES string of the molecule is CCCN(CC(=O)N(CCc1c[nH]c2ccccc12)Cc1ccc(OCC)cc1)C(=O)c1ccccc1C. The highest BCUT2D eigenvalue weighted by atomic mass is 16.5. The van der Waals surface area contributed by atoms with E-state index in [4.69, 9.17) is 4.74 Å². The van der Waals surface area contributed by atoms with Crippen LogP contribution in [0, 0.1) is 6.92 Å². The molecule has 198 valence electrons. The maximum Gasteiger partial charge on any atom is 0.254 e. The zero-order chi connectivity index (χ0) is 26.9. The molecule has 1 N–H and O–H groups in total. The van der Waals surface area contributed by atoms with Gasteiger partial charge in [0.2, 0.25) is 5.91 Å². The number of rotatable bonds is 12. The molecule has 0 spiro atoms. The molecular weight excluding hydrogens is 474 g/mol. The Hall–Kier alpha value is -4.06. The van der Waals surface area contributed by atoms with Crippen LogP contribution in [0.4, 0.5) is 0 Å². The van der Waals surface area contributed by atoms with Crippen LogP contribution in [-0.4, -0.2) is 52.8 Å². The molecule has 0 aliphatic rings. The average Bonchev–Trinajstić information content (AvgIpc) is 3.35. The van der Waals surface area contributed by atoms with Crippen LogP contribution in [0.25, 0.3) is 10.9 Å². The number of H-pyrrole nitrogens is 1. The van der Waals surface area contributed by atoms with Gasteiger partial charge in [-0.1, -0.05) is 55.5 Å². The number of fused-ring (bicyclic) bond motifs is 1. The molecule has 0 saturated carbocycles. The maximum absolute atomic E-state index is 13.7. The first kappa shape index (κ1) is 27.0. The van der Waals surface area contributed by atoms with Gasteiger partial charge in [-0.05, 0) is 67.6 Å². The van der Waals surface area contributed by atoms with E-state index < -0.39 is 0 Å². The Labute approximate surface area is 225 Å². The minimum absolute atomic E-state index is 0.0475. The number of amides is 2. The van der Waals surface area contributed by atoms with Crippen LogP contribution in [0.5, 0.6) is 5.75 Å². The summed E-state index contributed by atoms with van der Waals surface area (Å²) in [6.07, 6.45) is 3.51. The summed E-state index contributed by atoms with van der Waals surface area (Å²) in [7, 11) is 0. The van der Waals surface area contributed by atoms with Crippen molar-refractivity contribution in [3.63, 3.8) is 0 Å². The van der Waals surface area contributed by atoms with Gasteiger partial charge < -0.3 is 19.5 Å². The Morgan fingerprint density at radius 2 is 1.61 bits per heavy atom. The molecule has 38 heavy (non-hydrogen) atoms.